The van der Waals surface area contributed by atoms with Gasteiger partial charge in [0.2, 0.25) is 5.91 Å². The van der Waals surface area contributed by atoms with Gasteiger partial charge in [0.1, 0.15) is 0 Å². The molecule has 0 fully saturated rings. The zero-order valence-corrected chi connectivity index (χ0v) is 15.6. The molecule has 2 aromatic rings. The van der Waals surface area contributed by atoms with E-state index < -0.39 is 0 Å². The van der Waals surface area contributed by atoms with Crippen LogP contribution in [-0.2, 0) is 17.6 Å². The molecule has 128 valence electrons. The number of benzene rings is 2. The first-order chi connectivity index (χ1) is 11.6. The van der Waals surface area contributed by atoms with Crippen LogP contribution in [0.15, 0.2) is 46.9 Å². The molecular formula is C19H22BrNO3. The number of hydrogen-bond donors (Lipinski definition) is 1. The molecule has 5 heteroatoms. The average molecular weight is 392 g/mol. The van der Waals surface area contributed by atoms with E-state index in [-0.39, 0.29) is 5.91 Å². The van der Waals surface area contributed by atoms with Crippen LogP contribution in [-0.4, -0.2) is 26.7 Å². The molecule has 2 rings (SSSR count). The highest BCUT2D eigenvalue weighted by atomic mass is 79.9. The summed E-state index contributed by atoms with van der Waals surface area (Å²) in [5.74, 6) is 1.50. The maximum absolute atomic E-state index is 12.0. The Bertz CT molecular complexity index is 688. The molecule has 1 N–H and O–H groups in total. The van der Waals surface area contributed by atoms with Gasteiger partial charge in [-0.1, -0.05) is 34.1 Å². The molecule has 0 aliphatic heterocycles. The Morgan fingerprint density at radius 2 is 1.83 bits per heavy atom. The van der Waals surface area contributed by atoms with E-state index in [2.05, 4.69) is 21.2 Å². The van der Waals surface area contributed by atoms with Crippen molar-refractivity contribution in [1.82, 2.24) is 5.32 Å². The van der Waals surface area contributed by atoms with Crippen molar-refractivity contribution in [2.24, 2.45) is 0 Å². The predicted octanol–water partition coefficient (Wildman–Crippen LogP) is 3.76. The highest BCUT2D eigenvalue weighted by Gasteiger charge is 2.06. The first-order valence-electron chi connectivity index (χ1n) is 7.84. The number of hydrogen-bond acceptors (Lipinski definition) is 3. The minimum Gasteiger partial charge on any atom is -0.493 e. The number of amides is 1. The first kappa shape index (κ1) is 18.3. The molecule has 0 bridgehead atoms. The minimum atomic E-state index is 0.0420. The van der Waals surface area contributed by atoms with Gasteiger partial charge < -0.3 is 14.8 Å². The van der Waals surface area contributed by atoms with E-state index in [1.54, 1.807) is 14.2 Å². The van der Waals surface area contributed by atoms with Gasteiger partial charge in [-0.2, -0.15) is 0 Å². The van der Waals surface area contributed by atoms with Crippen molar-refractivity contribution in [3.05, 3.63) is 58.1 Å². The Hall–Kier alpha value is -2.01. The van der Waals surface area contributed by atoms with Crippen LogP contribution in [0.3, 0.4) is 0 Å². The SMILES string of the molecule is COc1ccc(CCCNC(=O)Cc2cccc(Br)c2)cc1OC. The number of ether oxygens (including phenoxy) is 2. The van der Waals surface area contributed by atoms with E-state index in [1.165, 1.54) is 0 Å². The van der Waals surface area contributed by atoms with E-state index in [1.807, 2.05) is 42.5 Å². The maximum Gasteiger partial charge on any atom is 0.224 e. The summed E-state index contributed by atoms with van der Waals surface area (Å²) in [7, 11) is 3.25. The summed E-state index contributed by atoms with van der Waals surface area (Å²) in [6, 6.07) is 13.7. The number of halogens is 1. The Kier molecular flexibility index (Phi) is 7.12. The van der Waals surface area contributed by atoms with Crippen molar-refractivity contribution >= 4 is 21.8 Å². The fourth-order valence-corrected chi connectivity index (χ4v) is 2.90. The standard InChI is InChI=1S/C19H22BrNO3/c1-23-17-9-8-14(12-18(17)24-2)6-4-10-21-19(22)13-15-5-3-7-16(20)11-15/h3,5,7-9,11-12H,4,6,10,13H2,1-2H3,(H,21,22). The fourth-order valence-electron chi connectivity index (χ4n) is 2.45. The summed E-state index contributed by atoms with van der Waals surface area (Å²) in [6.45, 7) is 0.654. The Balaban J connectivity index is 1.75. The maximum atomic E-state index is 12.0. The Morgan fingerprint density at radius 1 is 1.04 bits per heavy atom. The van der Waals surface area contributed by atoms with Crippen LogP contribution in [0.4, 0.5) is 0 Å². The number of carbonyl (C=O) groups is 1. The van der Waals surface area contributed by atoms with E-state index in [0.717, 1.165) is 39.9 Å². The van der Waals surface area contributed by atoms with Gasteiger partial charge in [0.05, 0.1) is 20.6 Å². The van der Waals surface area contributed by atoms with E-state index in [4.69, 9.17) is 9.47 Å². The van der Waals surface area contributed by atoms with Gasteiger partial charge in [0.25, 0.3) is 0 Å². The lowest BCUT2D eigenvalue weighted by atomic mass is 10.1. The van der Waals surface area contributed by atoms with Crippen molar-refractivity contribution in [2.45, 2.75) is 19.3 Å². The molecule has 0 unspecified atom stereocenters. The van der Waals surface area contributed by atoms with E-state index in [9.17, 15) is 4.79 Å². The summed E-state index contributed by atoms with van der Waals surface area (Å²) in [5.41, 5.74) is 2.16. The van der Waals surface area contributed by atoms with Gasteiger partial charge in [0, 0.05) is 11.0 Å². The van der Waals surface area contributed by atoms with Crippen molar-refractivity contribution < 1.29 is 14.3 Å². The minimum absolute atomic E-state index is 0.0420. The van der Waals surface area contributed by atoms with Gasteiger partial charge in [-0.3, -0.25) is 4.79 Å². The van der Waals surface area contributed by atoms with Crippen LogP contribution in [0, 0.1) is 0 Å². The topological polar surface area (TPSA) is 47.6 Å². The van der Waals surface area contributed by atoms with Crippen LogP contribution in [0.1, 0.15) is 17.5 Å². The third-order valence-corrected chi connectivity index (χ3v) is 4.16. The second-order valence-corrected chi connectivity index (χ2v) is 6.37. The molecule has 2 aromatic carbocycles. The summed E-state index contributed by atoms with van der Waals surface area (Å²) in [6.07, 6.45) is 2.15. The third-order valence-electron chi connectivity index (χ3n) is 3.67. The second-order valence-electron chi connectivity index (χ2n) is 5.45. The summed E-state index contributed by atoms with van der Waals surface area (Å²) >= 11 is 3.41. The van der Waals surface area contributed by atoms with Crippen molar-refractivity contribution in [2.75, 3.05) is 20.8 Å². The van der Waals surface area contributed by atoms with Crippen LogP contribution in [0.25, 0.3) is 0 Å². The summed E-state index contributed by atoms with van der Waals surface area (Å²) in [5, 5.41) is 2.96. The van der Waals surface area contributed by atoms with Crippen LogP contribution in [0.2, 0.25) is 0 Å². The molecule has 0 saturated heterocycles. The zero-order chi connectivity index (χ0) is 17.4. The molecule has 1 amide bonds. The number of methoxy groups -OCH3 is 2. The molecule has 24 heavy (non-hydrogen) atoms. The number of nitrogens with one attached hydrogen (secondary N) is 1. The van der Waals surface area contributed by atoms with Gasteiger partial charge >= 0.3 is 0 Å². The zero-order valence-electron chi connectivity index (χ0n) is 14.0. The molecule has 0 atom stereocenters. The van der Waals surface area contributed by atoms with Gasteiger partial charge in [0.15, 0.2) is 11.5 Å². The second kappa shape index (κ2) is 9.33. The van der Waals surface area contributed by atoms with Crippen molar-refractivity contribution in [3.63, 3.8) is 0 Å². The van der Waals surface area contributed by atoms with Crippen LogP contribution in [0.5, 0.6) is 11.5 Å². The van der Waals surface area contributed by atoms with Crippen molar-refractivity contribution in [3.8, 4) is 11.5 Å². The lowest BCUT2D eigenvalue weighted by Crippen LogP contribution is -2.26. The number of aryl methyl sites for hydroxylation is 1. The van der Waals surface area contributed by atoms with Crippen molar-refractivity contribution in [1.29, 1.82) is 0 Å². The molecule has 0 aliphatic carbocycles. The van der Waals surface area contributed by atoms with Gasteiger partial charge in [-0.05, 0) is 48.2 Å². The molecule has 0 aliphatic rings. The average Bonchev–Trinajstić information content (AvgIpc) is 2.58. The molecular weight excluding hydrogens is 370 g/mol. The molecule has 0 heterocycles. The molecule has 0 saturated carbocycles. The largest absolute Gasteiger partial charge is 0.493 e. The Labute approximate surface area is 151 Å². The quantitative estimate of drug-likeness (QED) is 0.696. The molecule has 4 nitrogen and oxygen atoms in total. The Morgan fingerprint density at radius 3 is 2.54 bits per heavy atom. The molecule has 0 radical (unpaired) electrons. The highest BCUT2D eigenvalue weighted by molar-refractivity contribution is 9.10. The first-order valence-corrected chi connectivity index (χ1v) is 8.63. The third kappa shape index (κ3) is 5.57. The fraction of sp³-hybridized carbons (Fsp3) is 0.316. The van der Waals surface area contributed by atoms with Crippen LogP contribution >= 0.6 is 15.9 Å². The van der Waals surface area contributed by atoms with E-state index in [0.29, 0.717) is 13.0 Å². The van der Waals surface area contributed by atoms with Gasteiger partial charge in [-0.15, -0.1) is 0 Å². The molecule has 0 aromatic heterocycles. The predicted molar refractivity (Wildman–Crippen MR) is 98.7 cm³/mol. The molecule has 0 spiro atoms. The normalized spacial score (nSPS) is 10.3. The lowest BCUT2D eigenvalue weighted by Gasteiger charge is -2.10. The smallest absolute Gasteiger partial charge is 0.224 e. The van der Waals surface area contributed by atoms with Gasteiger partial charge in [-0.25, -0.2) is 0 Å². The number of rotatable bonds is 8. The lowest BCUT2D eigenvalue weighted by molar-refractivity contribution is -0.120. The highest BCUT2D eigenvalue weighted by Crippen LogP contribution is 2.27. The van der Waals surface area contributed by atoms with E-state index >= 15 is 0 Å². The van der Waals surface area contributed by atoms with Crippen LogP contribution < -0.4 is 14.8 Å². The summed E-state index contributed by atoms with van der Waals surface area (Å²) in [4.78, 5) is 12.0. The number of carbonyl (C=O) groups excluding carboxylic acids is 1. The monoisotopic (exact) mass is 391 g/mol. The summed E-state index contributed by atoms with van der Waals surface area (Å²) < 4.78 is 11.5.